The number of sulfonamides is 1. The van der Waals surface area contributed by atoms with Gasteiger partial charge < -0.3 is 0 Å². The number of hydrogen-bond donors (Lipinski definition) is 1. The van der Waals surface area contributed by atoms with Crippen molar-refractivity contribution < 1.29 is 8.42 Å². The summed E-state index contributed by atoms with van der Waals surface area (Å²) in [6.07, 6.45) is 2.83. The Morgan fingerprint density at radius 3 is 2.33 bits per heavy atom. The van der Waals surface area contributed by atoms with Crippen molar-refractivity contribution in [1.29, 1.82) is 0 Å². The monoisotopic (exact) mass is 232 g/mol. The number of aromatic nitrogens is 3. The smallest absolute Gasteiger partial charge is 0.265 e. The van der Waals surface area contributed by atoms with E-state index in [4.69, 9.17) is 0 Å². The minimum absolute atomic E-state index is 0.149. The second-order valence-corrected chi connectivity index (χ2v) is 5.02. The molecule has 1 rings (SSSR count). The number of H-pyrrole nitrogens is 1. The SMILES string of the molecule is CCCN(CCC)S(=O)(=O)c1nc[nH]n1. The van der Waals surface area contributed by atoms with E-state index in [2.05, 4.69) is 15.2 Å². The van der Waals surface area contributed by atoms with Gasteiger partial charge in [-0.2, -0.15) is 4.31 Å². The zero-order chi connectivity index (χ0) is 11.3. The molecule has 1 N–H and O–H groups in total. The van der Waals surface area contributed by atoms with Crippen molar-refractivity contribution in [2.24, 2.45) is 0 Å². The van der Waals surface area contributed by atoms with Crippen LogP contribution < -0.4 is 0 Å². The zero-order valence-electron chi connectivity index (χ0n) is 8.97. The molecule has 0 aliphatic heterocycles. The second kappa shape index (κ2) is 5.22. The minimum Gasteiger partial charge on any atom is -0.265 e. The molecule has 0 amide bonds. The molecule has 6 nitrogen and oxygen atoms in total. The van der Waals surface area contributed by atoms with Crippen LogP contribution in [0.25, 0.3) is 0 Å². The van der Waals surface area contributed by atoms with Crippen molar-refractivity contribution in [3.05, 3.63) is 6.33 Å². The number of nitrogens with one attached hydrogen (secondary N) is 1. The van der Waals surface area contributed by atoms with Crippen molar-refractivity contribution in [3.63, 3.8) is 0 Å². The summed E-state index contributed by atoms with van der Waals surface area (Å²) in [7, 11) is -3.50. The molecule has 0 atom stereocenters. The van der Waals surface area contributed by atoms with Crippen LogP contribution in [0, 0.1) is 0 Å². The highest BCUT2D eigenvalue weighted by atomic mass is 32.2. The molecule has 1 aromatic heterocycles. The predicted molar refractivity (Wildman–Crippen MR) is 55.7 cm³/mol. The lowest BCUT2D eigenvalue weighted by molar-refractivity contribution is 0.406. The highest BCUT2D eigenvalue weighted by Crippen LogP contribution is 2.10. The van der Waals surface area contributed by atoms with E-state index in [1.54, 1.807) is 0 Å². The Kier molecular flexibility index (Phi) is 4.22. The molecular weight excluding hydrogens is 216 g/mol. The Labute approximate surface area is 89.8 Å². The minimum atomic E-state index is -3.50. The summed E-state index contributed by atoms with van der Waals surface area (Å²) in [4.78, 5) is 3.68. The Bertz CT molecular complexity index is 367. The summed E-state index contributed by atoms with van der Waals surface area (Å²) in [6.45, 7) is 4.89. The normalized spacial score (nSPS) is 12.2. The van der Waals surface area contributed by atoms with Gasteiger partial charge in [-0.15, -0.1) is 5.10 Å². The van der Waals surface area contributed by atoms with E-state index in [0.717, 1.165) is 12.8 Å². The van der Waals surface area contributed by atoms with Crippen LogP contribution in [0.2, 0.25) is 0 Å². The third kappa shape index (κ3) is 2.75. The molecule has 0 aliphatic rings. The Hall–Kier alpha value is -0.950. The van der Waals surface area contributed by atoms with Crippen molar-refractivity contribution in [2.75, 3.05) is 13.1 Å². The zero-order valence-corrected chi connectivity index (χ0v) is 9.79. The van der Waals surface area contributed by atoms with E-state index in [1.807, 2.05) is 13.8 Å². The van der Waals surface area contributed by atoms with Crippen molar-refractivity contribution in [3.8, 4) is 0 Å². The maximum absolute atomic E-state index is 12.0. The molecular formula is C8H16N4O2S. The van der Waals surface area contributed by atoms with Gasteiger partial charge in [0, 0.05) is 13.1 Å². The first-order valence-corrected chi connectivity index (χ1v) is 6.42. The first kappa shape index (κ1) is 12.1. The molecule has 0 fully saturated rings. The van der Waals surface area contributed by atoms with E-state index >= 15 is 0 Å². The molecule has 1 heterocycles. The summed E-state index contributed by atoms with van der Waals surface area (Å²) >= 11 is 0. The number of aromatic amines is 1. The topological polar surface area (TPSA) is 79.0 Å². The lowest BCUT2D eigenvalue weighted by Gasteiger charge is -2.18. The molecule has 0 aromatic carbocycles. The molecule has 0 spiro atoms. The van der Waals surface area contributed by atoms with E-state index in [9.17, 15) is 8.42 Å². The third-order valence-corrected chi connectivity index (χ3v) is 3.61. The Morgan fingerprint density at radius 2 is 1.93 bits per heavy atom. The van der Waals surface area contributed by atoms with Crippen molar-refractivity contribution >= 4 is 10.0 Å². The highest BCUT2D eigenvalue weighted by molar-refractivity contribution is 7.88. The number of rotatable bonds is 6. The van der Waals surface area contributed by atoms with Gasteiger partial charge in [-0.05, 0) is 12.8 Å². The number of hydrogen-bond acceptors (Lipinski definition) is 4. The maximum atomic E-state index is 12.0. The molecule has 0 bridgehead atoms. The quantitative estimate of drug-likeness (QED) is 0.779. The molecule has 15 heavy (non-hydrogen) atoms. The fraction of sp³-hybridized carbons (Fsp3) is 0.750. The van der Waals surface area contributed by atoms with Crippen LogP contribution in [-0.4, -0.2) is 41.0 Å². The fourth-order valence-electron chi connectivity index (χ4n) is 1.29. The molecule has 0 radical (unpaired) electrons. The fourth-order valence-corrected chi connectivity index (χ4v) is 2.72. The summed E-state index contributed by atoms with van der Waals surface area (Å²) in [5.74, 6) is 0. The van der Waals surface area contributed by atoms with Crippen LogP contribution in [0.5, 0.6) is 0 Å². The summed E-state index contributed by atoms with van der Waals surface area (Å²) < 4.78 is 25.3. The average molecular weight is 232 g/mol. The van der Waals surface area contributed by atoms with Gasteiger partial charge in [0.25, 0.3) is 15.2 Å². The second-order valence-electron chi connectivity index (χ2n) is 3.19. The van der Waals surface area contributed by atoms with Crippen LogP contribution in [0.15, 0.2) is 11.5 Å². The predicted octanol–water partition coefficient (Wildman–Crippen LogP) is 0.615. The van der Waals surface area contributed by atoms with Crippen LogP contribution in [-0.2, 0) is 10.0 Å². The first-order valence-electron chi connectivity index (χ1n) is 4.98. The summed E-state index contributed by atoms with van der Waals surface area (Å²) in [5.41, 5.74) is 0. The van der Waals surface area contributed by atoms with Crippen LogP contribution in [0.1, 0.15) is 26.7 Å². The van der Waals surface area contributed by atoms with Crippen LogP contribution >= 0.6 is 0 Å². The van der Waals surface area contributed by atoms with Gasteiger partial charge in [0.2, 0.25) is 0 Å². The highest BCUT2D eigenvalue weighted by Gasteiger charge is 2.26. The Morgan fingerprint density at radius 1 is 1.33 bits per heavy atom. The maximum Gasteiger partial charge on any atom is 0.282 e. The molecule has 86 valence electrons. The van der Waals surface area contributed by atoms with E-state index < -0.39 is 10.0 Å². The molecule has 0 saturated heterocycles. The molecule has 1 aromatic rings. The van der Waals surface area contributed by atoms with E-state index in [-0.39, 0.29) is 5.16 Å². The first-order chi connectivity index (χ1) is 7.12. The van der Waals surface area contributed by atoms with E-state index in [0.29, 0.717) is 13.1 Å². The van der Waals surface area contributed by atoms with Gasteiger partial charge >= 0.3 is 0 Å². The van der Waals surface area contributed by atoms with Crippen LogP contribution in [0.4, 0.5) is 0 Å². The molecule has 0 saturated carbocycles. The summed E-state index contributed by atoms with van der Waals surface area (Å²) in [6, 6.07) is 0. The van der Waals surface area contributed by atoms with Crippen molar-refractivity contribution in [2.45, 2.75) is 31.8 Å². The average Bonchev–Trinajstić information content (AvgIpc) is 2.70. The van der Waals surface area contributed by atoms with Gasteiger partial charge in [0.15, 0.2) is 0 Å². The molecule has 0 aliphatic carbocycles. The van der Waals surface area contributed by atoms with E-state index in [1.165, 1.54) is 10.6 Å². The largest absolute Gasteiger partial charge is 0.282 e. The standard InChI is InChI=1S/C8H16N4O2S/c1-3-5-12(6-4-2)15(13,14)8-9-7-10-11-8/h7H,3-6H2,1-2H3,(H,9,10,11). The van der Waals surface area contributed by atoms with Gasteiger partial charge in [0.1, 0.15) is 6.33 Å². The van der Waals surface area contributed by atoms with Gasteiger partial charge in [-0.25, -0.2) is 13.4 Å². The number of nitrogens with zero attached hydrogens (tertiary/aromatic N) is 3. The Balaban J connectivity index is 2.91. The lowest BCUT2D eigenvalue weighted by atomic mass is 10.4. The van der Waals surface area contributed by atoms with Gasteiger partial charge in [-0.3, -0.25) is 5.10 Å². The molecule has 7 heteroatoms. The summed E-state index contributed by atoms with van der Waals surface area (Å²) in [5, 5.41) is 5.87. The molecule has 0 unspecified atom stereocenters. The van der Waals surface area contributed by atoms with Gasteiger partial charge in [0.05, 0.1) is 0 Å². The van der Waals surface area contributed by atoms with Crippen molar-refractivity contribution in [1.82, 2.24) is 19.5 Å². The lowest BCUT2D eigenvalue weighted by Crippen LogP contribution is -2.33. The van der Waals surface area contributed by atoms with Gasteiger partial charge in [-0.1, -0.05) is 13.8 Å². The van der Waals surface area contributed by atoms with Crippen LogP contribution in [0.3, 0.4) is 0 Å². The third-order valence-electron chi connectivity index (χ3n) is 1.91.